The van der Waals surface area contributed by atoms with Crippen LogP contribution in [-0.4, -0.2) is 18.8 Å². The van der Waals surface area contributed by atoms with E-state index < -0.39 is 17.7 Å². The van der Waals surface area contributed by atoms with Crippen LogP contribution >= 0.6 is 11.6 Å². The lowest BCUT2D eigenvalue weighted by Gasteiger charge is -2.07. The summed E-state index contributed by atoms with van der Waals surface area (Å²) in [7, 11) is 1.51. The fourth-order valence-electron chi connectivity index (χ4n) is 2.98. The summed E-state index contributed by atoms with van der Waals surface area (Å²) in [5.41, 5.74) is 0.374. The van der Waals surface area contributed by atoms with E-state index in [0.717, 1.165) is 12.1 Å². The van der Waals surface area contributed by atoms with Gasteiger partial charge in [0, 0.05) is 11.1 Å². The molecule has 1 aliphatic rings. The van der Waals surface area contributed by atoms with Crippen LogP contribution in [0.3, 0.4) is 0 Å². The average molecular weight is 448 g/mol. The van der Waals surface area contributed by atoms with E-state index in [1.54, 1.807) is 30.3 Å². The molecule has 0 bridgehead atoms. The molecular weight excluding hydrogens is 435 g/mol. The van der Waals surface area contributed by atoms with E-state index in [0.29, 0.717) is 33.4 Å². The van der Waals surface area contributed by atoms with Gasteiger partial charge in [-0.15, -0.1) is 0 Å². The number of alkyl halides is 3. The van der Waals surface area contributed by atoms with Gasteiger partial charge in [-0.05, 0) is 48.5 Å². The molecule has 0 atom stereocenters. The number of rotatable bonds is 4. The summed E-state index contributed by atoms with van der Waals surface area (Å²) in [5.74, 6) is 0.608. The fourth-order valence-corrected chi connectivity index (χ4v) is 3.24. The first-order chi connectivity index (χ1) is 14.8. The van der Waals surface area contributed by atoms with Gasteiger partial charge < -0.3 is 14.0 Å². The molecule has 1 aromatic heterocycles. The van der Waals surface area contributed by atoms with Crippen molar-refractivity contribution in [2.24, 2.45) is 5.16 Å². The van der Waals surface area contributed by atoms with E-state index >= 15 is 0 Å². The maximum atomic E-state index is 12.8. The van der Waals surface area contributed by atoms with Gasteiger partial charge >= 0.3 is 12.1 Å². The van der Waals surface area contributed by atoms with Crippen LogP contribution in [0.15, 0.2) is 69.7 Å². The number of benzene rings is 2. The molecule has 0 radical (unpaired) electrons. The van der Waals surface area contributed by atoms with Gasteiger partial charge in [-0.3, -0.25) is 0 Å². The second-order valence-corrected chi connectivity index (χ2v) is 6.91. The first-order valence-corrected chi connectivity index (χ1v) is 9.27. The first-order valence-electron chi connectivity index (χ1n) is 8.89. The fraction of sp³-hybridized carbons (Fsp3) is 0.0909. The van der Waals surface area contributed by atoms with E-state index in [9.17, 15) is 18.0 Å². The van der Waals surface area contributed by atoms with Gasteiger partial charge in [-0.2, -0.15) is 13.2 Å². The molecule has 0 fully saturated rings. The van der Waals surface area contributed by atoms with Crippen LogP contribution in [0.4, 0.5) is 13.2 Å². The van der Waals surface area contributed by atoms with Gasteiger partial charge in [0.25, 0.3) is 0 Å². The third kappa shape index (κ3) is 4.20. The SMILES string of the molecule is COc1ccc(-c2ccc(/C=C3\C(=O)ON=C3c3ccc(C(F)(F)F)cc3)o2)cc1Cl. The minimum absolute atomic E-state index is 0.0634. The Hall–Kier alpha value is -3.52. The van der Waals surface area contributed by atoms with Crippen molar-refractivity contribution in [2.45, 2.75) is 6.18 Å². The van der Waals surface area contributed by atoms with Crippen LogP contribution in [0.2, 0.25) is 5.02 Å². The number of methoxy groups -OCH3 is 1. The molecule has 5 nitrogen and oxygen atoms in total. The zero-order valence-corrected chi connectivity index (χ0v) is 16.6. The van der Waals surface area contributed by atoms with E-state index in [2.05, 4.69) is 5.16 Å². The molecule has 0 spiro atoms. The lowest BCUT2D eigenvalue weighted by Crippen LogP contribution is -2.08. The van der Waals surface area contributed by atoms with E-state index in [1.807, 2.05) is 0 Å². The van der Waals surface area contributed by atoms with Crippen molar-refractivity contribution in [3.05, 3.63) is 82.1 Å². The molecule has 2 aromatic carbocycles. The topological polar surface area (TPSA) is 61.0 Å². The Morgan fingerprint density at radius 2 is 1.74 bits per heavy atom. The summed E-state index contributed by atoms with van der Waals surface area (Å²) in [6.45, 7) is 0. The number of hydrogen-bond donors (Lipinski definition) is 0. The molecule has 1 aliphatic heterocycles. The summed E-state index contributed by atoms with van der Waals surface area (Å²) in [4.78, 5) is 16.8. The maximum absolute atomic E-state index is 12.8. The van der Waals surface area contributed by atoms with Crippen LogP contribution in [-0.2, 0) is 15.8 Å². The highest BCUT2D eigenvalue weighted by atomic mass is 35.5. The molecule has 0 saturated carbocycles. The van der Waals surface area contributed by atoms with Gasteiger partial charge in [0.2, 0.25) is 0 Å². The zero-order chi connectivity index (χ0) is 22.2. The van der Waals surface area contributed by atoms with Crippen molar-refractivity contribution in [1.82, 2.24) is 0 Å². The second-order valence-electron chi connectivity index (χ2n) is 6.50. The lowest BCUT2D eigenvalue weighted by molar-refractivity contribution is -0.138. The minimum Gasteiger partial charge on any atom is -0.495 e. The number of halogens is 4. The molecule has 31 heavy (non-hydrogen) atoms. The number of oxime groups is 1. The highest BCUT2D eigenvalue weighted by Gasteiger charge is 2.32. The van der Waals surface area contributed by atoms with Crippen molar-refractivity contribution >= 4 is 29.4 Å². The van der Waals surface area contributed by atoms with E-state index in [1.165, 1.54) is 25.3 Å². The van der Waals surface area contributed by atoms with Gasteiger partial charge in [0.15, 0.2) is 0 Å². The van der Waals surface area contributed by atoms with Crippen molar-refractivity contribution in [3.63, 3.8) is 0 Å². The van der Waals surface area contributed by atoms with Crippen LogP contribution in [0.5, 0.6) is 5.75 Å². The van der Waals surface area contributed by atoms with Crippen molar-refractivity contribution in [1.29, 1.82) is 0 Å². The largest absolute Gasteiger partial charge is 0.495 e. The van der Waals surface area contributed by atoms with Crippen LogP contribution in [0.1, 0.15) is 16.9 Å². The molecule has 3 aromatic rings. The number of ether oxygens (including phenoxy) is 1. The third-order valence-corrected chi connectivity index (χ3v) is 4.83. The molecule has 0 amide bonds. The summed E-state index contributed by atoms with van der Waals surface area (Å²) in [6, 6.07) is 12.7. The first kappa shape index (κ1) is 20.7. The van der Waals surface area contributed by atoms with Crippen molar-refractivity contribution < 1.29 is 32.0 Å². The molecular formula is C22H13ClF3NO4. The van der Waals surface area contributed by atoms with Gasteiger partial charge in [0.05, 0.1) is 23.3 Å². The highest BCUT2D eigenvalue weighted by molar-refractivity contribution is 6.32. The molecule has 0 unspecified atom stereocenters. The summed E-state index contributed by atoms with van der Waals surface area (Å²) in [5, 5.41) is 4.11. The quantitative estimate of drug-likeness (QED) is 0.365. The maximum Gasteiger partial charge on any atom is 0.416 e. The van der Waals surface area contributed by atoms with Crippen molar-refractivity contribution in [3.8, 4) is 17.1 Å². The number of furan rings is 1. The Bertz CT molecular complexity index is 1210. The van der Waals surface area contributed by atoms with Gasteiger partial charge in [-0.1, -0.05) is 28.9 Å². The molecule has 9 heteroatoms. The summed E-state index contributed by atoms with van der Waals surface area (Å²) >= 11 is 6.14. The molecule has 0 N–H and O–H groups in total. The zero-order valence-electron chi connectivity index (χ0n) is 15.9. The Kier molecular flexibility index (Phi) is 5.32. The molecule has 158 valence electrons. The van der Waals surface area contributed by atoms with E-state index in [-0.39, 0.29) is 11.3 Å². The summed E-state index contributed by atoms with van der Waals surface area (Å²) in [6.07, 6.45) is -3.05. The Morgan fingerprint density at radius 1 is 1.03 bits per heavy atom. The van der Waals surface area contributed by atoms with Crippen LogP contribution in [0, 0.1) is 0 Å². The van der Waals surface area contributed by atoms with Crippen molar-refractivity contribution in [2.75, 3.05) is 7.11 Å². The summed E-state index contributed by atoms with van der Waals surface area (Å²) < 4.78 is 49.2. The van der Waals surface area contributed by atoms with Gasteiger partial charge in [0.1, 0.15) is 23.0 Å². The third-order valence-electron chi connectivity index (χ3n) is 4.53. The Labute approximate surface area is 179 Å². The molecule has 0 saturated heterocycles. The van der Waals surface area contributed by atoms with E-state index in [4.69, 9.17) is 25.6 Å². The highest BCUT2D eigenvalue weighted by Crippen LogP contribution is 2.33. The number of nitrogens with zero attached hydrogens (tertiary/aromatic N) is 1. The predicted molar refractivity (Wildman–Crippen MR) is 108 cm³/mol. The number of hydrogen-bond acceptors (Lipinski definition) is 5. The Morgan fingerprint density at radius 3 is 2.39 bits per heavy atom. The molecule has 0 aliphatic carbocycles. The standard InChI is InChI=1S/C22H13ClF3NO4/c1-29-19-8-4-13(10-17(19)23)18-9-7-15(30-18)11-16-20(27-31-21(16)28)12-2-5-14(6-3-12)22(24,25)26/h2-11H,1H3/b16-11-. The number of carbonyl (C=O) groups is 1. The molecule has 4 rings (SSSR count). The second kappa shape index (κ2) is 7.96. The average Bonchev–Trinajstić information content (AvgIpc) is 3.35. The van der Waals surface area contributed by atoms with Gasteiger partial charge in [-0.25, -0.2) is 4.79 Å². The van der Waals surface area contributed by atoms with Crippen LogP contribution < -0.4 is 4.74 Å². The monoisotopic (exact) mass is 447 g/mol. The normalized spacial score (nSPS) is 15.2. The minimum atomic E-state index is -4.46. The van der Waals surface area contributed by atoms with Crippen LogP contribution in [0.25, 0.3) is 17.4 Å². The molecule has 2 heterocycles. The Balaban J connectivity index is 1.63. The number of carbonyl (C=O) groups excluding carboxylic acids is 1. The smallest absolute Gasteiger partial charge is 0.416 e. The predicted octanol–water partition coefficient (Wildman–Crippen LogP) is 5.97. The lowest BCUT2D eigenvalue weighted by atomic mass is 10.0.